The standard InChI is InChI=1S/C17H15F5N2O2/c1-8(6-9-4-5-10(25-2)11(7-9)26-3)23-24-17-15(21)13(19)12(18)14(20)16(17)22/h4-5,7,24H,6H2,1-3H3/b23-8-. The van der Waals surface area contributed by atoms with Crippen molar-refractivity contribution < 1.29 is 31.4 Å². The van der Waals surface area contributed by atoms with Gasteiger partial charge < -0.3 is 9.47 Å². The van der Waals surface area contributed by atoms with Crippen molar-refractivity contribution in [2.45, 2.75) is 13.3 Å². The lowest BCUT2D eigenvalue weighted by Crippen LogP contribution is -2.09. The Morgan fingerprint density at radius 3 is 1.96 bits per heavy atom. The smallest absolute Gasteiger partial charge is 0.200 e. The van der Waals surface area contributed by atoms with Crippen LogP contribution in [0.15, 0.2) is 23.3 Å². The molecule has 0 aliphatic rings. The minimum Gasteiger partial charge on any atom is -0.493 e. The Labute approximate surface area is 146 Å². The van der Waals surface area contributed by atoms with Crippen LogP contribution in [0, 0.1) is 29.1 Å². The summed E-state index contributed by atoms with van der Waals surface area (Å²) in [5.74, 6) is -9.28. The predicted molar refractivity (Wildman–Crippen MR) is 86.2 cm³/mol. The summed E-state index contributed by atoms with van der Waals surface area (Å²) in [5, 5.41) is 3.68. The summed E-state index contributed by atoms with van der Waals surface area (Å²) in [5.41, 5.74) is 1.76. The zero-order valence-electron chi connectivity index (χ0n) is 14.1. The molecule has 2 aromatic carbocycles. The molecule has 0 aliphatic carbocycles. The molecule has 0 saturated carbocycles. The van der Waals surface area contributed by atoms with E-state index in [1.807, 2.05) is 5.43 Å². The van der Waals surface area contributed by atoms with Crippen molar-refractivity contribution in [2.75, 3.05) is 19.6 Å². The number of halogens is 5. The Bertz CT molecular complexity index is 827. The number of nitrogens with one attached hydrogen (secondary N) is 1. The third-order valence-corrected chi connectivity index (χ3v) is 3.48. The average molecular weight is 374 g/mol. The Kier molecular flexibility index (Phi) is 6.01. The van der Waals surface area contributed by atoms with Crippen LogP contribution in [0.3, 0.4) is 0 Å². The highest BCUT2D eigenvalue weighted by Gasteiger charge is 2.25. The van der Waals surface area contributed by atoms with Crippen LogP contribution >= 0.6 is 0 Å². The maximum absolute atomic E-state index is 13.6. The van der Waals surface area contributed by atoms with Gasteiger partial charge in [0.05, 0.1) is 14.2 Å². The van der Waals surface area contributed by atoms with Gasteiger partial charge in [-0.3, -0.25) is 5.43 Å². The second-order valence-electron chi connectivity index (χ2n) is 5.27. The number of rotatable bonds is 6. The summed E-state index contributed by atoms with van der Waals surface area (Å²) in [6, 6.07) is 5.06. The topological polar surface area (TPSA) is 42.8 Å². The summed E-state index contributed by atoms with van der Waals surface area (Å²) in [7, 11) is 2.95. The highest BCUT2D eigenvalue weighted by molar-refractivity contribution is 5.85. The average Bonchev–Trinajstić information content (AvgIpc) is 2.64. The monoisotopic (exact) mass is 374 g/mol. The largest absolute Gasteiger partial charge is 0.493 e. The van der Waals surface area contributed by atoms with E-state index in [1.165, 1.54) is 21.1 Å². The van der Waals surface area contributed by atoms with Crippen LogP contribution in [0.25, 0.3) is 0 Å². The van der Waals surface area contributed by atoms with Gasteiger partial charge in [-0.05, 0) is 24.6 Å². The van der Waals surface area contributed by atoms with Crippen LogP contribution < -0.4 is 14.9 Å². The van der Waals surface area contributed by atoms with Gasteiger partial charge in [-0.15, -0.1) is 0 Å². The first-order chi connectivity index (χ1) is 12.3. The minimum absolute atomic E-state index is 0.239. The van der Waals surface area contributed by atoms with Crippen LogP contribution in [0.1, 0.15) is 12.5 Å². The van der Waals surface area contributed by atoms with Crippen molar-refractivity contribution in [1.82, 2.24) is 0 Å². The molecule has 0 heterocycles. The van der Waals surface area contributed by atoms with Gasteiger partial charge in [0.1, 0.15) is 5.69 Å². The van der Waals surface area contributed by atoms with Gasteiger partial charge in [0.2, 0.25) is 5.82 Å². The maximum Gasteiger partial charge on any atom is 0.200 e. The first-order valence-corrected chi connectivity index (χ1v) is 7.31. The molecule has 0 aliphatic heterocycles. The zero-order valence-corrected chi connectivity index (χ0v) is 14.1. The van der Waals surface area contributed by atoms with Crippen molar-refractivity contribution >= 4 is 11.4 Å². The third-order valence-electron chi connectivity index (χ3n) is 3.48. The maximum atomic E-state index is 13.6. The molecular weight excluding hydrogens is 359 g/mol. The van der Waals surface area contributed by atoms with Gasteiger partial charge >= 0.3 is 0 Å². The van der Waals surface area contributed by atoms with E-state index < -0.39 is 34.8 Å². The zero-order chi connectivity index (χ0) is 19.4. The molecule has 0 unspecified atom stereocenters. The van der Waals surface area contributed by atoms with Gasteiger partial charge in [0.25, 0.3) is 0 Å². The van der Waals surface area contributed by atoms with Crippen LogP contribution in [0.4, 0.5) is 27.6 Å². The molecule has 0 amide bonds. The van der Waals surface area contributed by atoms with E-state index in [0.717, 1.165) is 5.56 Å². The van der Waals surface area contributed by atoms with Crippen LogP contribution in [-0.4, -0.2) is 19.9 Å². The number of nitrogens with zero attached hydrogens (tertiary/aromatic N) is 1. The number of anilines is 1. The number of methoxy groups -OCH3 is 2. The molecule has 0 aromatic heterocycles. The van der Waals surface area contributed by atoms with Gasteiger partial charge in [0, 0.05) is 12.1 Å². The van der Waals surface area contributed by atoms with E-state index in [-0.39, 0.29) is 6.42 Å². The quantitative estimate of drug-likeness (QED) is 0.267. The Morgan fingerprint density at radius 1 is 0.885 bits per heavy atom. The van der Waals surface area contributed by atoms with Gasteiger partial charge in [-0.2, -0.15) is 5.10 Å². The molecule has 0 radical (unpaired) electrons. The highest BCUT2D eigenvalue weighted by atomic mass is 19.2. The molecule has 0 saturated heterocycles. The van der Waals surface area contributed by atoms with Crippen LogP contribution in [0.2, 0.25) is 0 Å². The predicted octanol–water partition coefficient (Wildman–Crippen LogP) is 4.43. The number of benzene rings is 2. The lowest BCUT2D eigenvalue weighted by molar-refractivity contribution is 0.354. The van der Waals surface area contributed by atoms with E-state index >= 15 is 0 Å². The van der Waals surface area contributed by atoms with E-state index in [9.17, 15) is 22.0 Å². The molecule has 2 aromatic rings. The number of ether oxygens (including phenoxy) is 2. The first-order valence-electron chi connectivity index (χ1n) is 7.31. The lowest BCUT2D eigenvalue weighted by Gasteiger charge is -2.10. The summed E-state index contributed by atoms with van der Waals surface area (Å²) in [4.78, 5) is 0. The SMILES string of the molecule is COc1ccc(C/C(C)=N\Nc2c(F)c(F)c(F)c(F)c2F)cc1OC. The van der Waals surface area contributed by atoms with Crippen molar-refractivity contribution in [3.63, 3.8) is 0 Å². The molecule has 1 N–H and O–H groups in total. The second kappa shape index (κ2) is 8.03. The van der Waals surface area contributed by atoms with Crippen LogP contribution in [-0.2, 0) is 6.42 Å². The second-order valence-corrected chi connectivity index (χ2v) is 5.27. The number of hydrogen-bond acceptors (Lipinski definition) is 4. The normalized spacial score (nSPS) is 11.5. The fourth-order valence-electron chi connectivity index (χ4n) is 2.18. The number of hydrazone groups is 1. The van der Waals surface area contributed by atoms with Crippen molar-refractivity contribution in [3.05, 3.63) is 52.8 Å². The number of hydrogen-bond donors (Lipinski definition) is 1. The van der Waals surface area contributed by atoms with Crippen molar-refractivity contribution in [1.29, 1.82) is 0 Å². The lowest BCUT2D eigenvalue weighted by atomic mass is 10.1. The molecule has 9 heteroatoms. The summed E-state index contributed by atoms with van der Waals surface area (Å²) in [6.45, 7) is 1.52. The Balaban J connectivity index is 2.22. The summed E-state index contributed by atoms with van der Waals surface area (Å²) in [6.07, 6.45) is 0.239. The summed E-state index contributed by atoms with van der Waals surface area (Å²) < 4.78 is 76.7. The minimum atomic E-state index is -2.23. The van der Waals surface area contributed by atoms with E-state index in [2.05, 4.69) is 5.10 Å². The van der Waals surface area contributed by atoms with Crippen molar-refractivity contribution in [2.24, 2.45) is 5.10 Å². The molecule has 0 spiro atoms. The molecule has 2 rings (SSSR count). The fraction of sp³-hybridized carbons (Fsp3) is 0.235. The highest BCUT2D eigenvalue weighted by Crippen LogP contribution is 2.28. The molecule has 140 valence electrons. The fourth-order valence-corrected chi connectivity index (χ4v) is 2.18. The molecular formula is C17H15F5N2O2. The molecule has 0 atom stereocenters. The van der Waals surface area contributed by atoms with Crippen LogP contribution in [0.5, 0.6) is 11.5 Å². The Hall–Kier alpha value is -2.84. The third kappa shape index (κ3) is 3.87. The molecule has 4 nitrogen and oxygen atoms in total. The summed E-state index contributed by atoms with van der Waals surface area (Å²) >= 11 is 0. The molecule has 26 heavy (non-hydrogen) atoms. The van der Waals surface area contributed by atoms with Gasteiger partial charge in [-0.25, -0.2) is 22.0 Å². The molecule has 0 bridgehead atoms. The van der Waals surface area contributed by atoms with E-state index in [0.29, 0.717) is 17.2 Å². The first kappa shape index (κ1) is 19.5. The molecule has 0 fully saturated rings. The van der Waals surface area contributed by atoms with E-state index in [1.54, 1.807) is 18.2 Å². The van der Waals surface area contributed by atoms with Gasteiger partial charge in [-0.1, -0.05) is 6.07 Å². The van der Waals surface area contributed by atoms with Crippen molar-refractivity contribution in [3.8, 4) is 11.5 Å². The van der Waals surface area contributed by atoms with E-state index in [4.69, 9.17) is 9.47 Å². The Morgan fingerprint density at radius 2 is 1.42 bits per heavy atom. The van der Waals surface area contributed by atoms with Gasteiger partial charge in [0.15, 0.2) is 34.8 Å².